The first-order valence-electron chi connectivity index (χ1n) is 26.2. The molecular weight excluding hydrogens is 949 g/mol. The van der Waals surface area contributed by atoms with Crippen LogP contribution in [0.1, 0.15) is 150 Å². The molecule has 8 rings (SSSR count). The molecule has 0 saturated carbocycles. The molecule has 8 nitrogen and oxygen atoms in total. The summed E-state index contributed by atoms with van der Waals surface area (Å²) in [7, 11) is 0. The number of aliphatic imine (C=N–C) groups is 4. The number of para-hydroxylation sites is 4. The smallest absolute Gasteiger partial charge is 0.128 e. The Bertz CT molecular complexity index is 3030. The van der Waals surface area contributed by atoms with Crippen LogP contribution < -0.4 is 0 Å². The average molecular weight is 1020 g/mol. The van der Waals surface area contributed by atoms with Gasteiger partial charge >= 0.3 is 0 Å². The van der Waals surface area contributed by atoms with Crippen molar-refractivity contribution in [3.63, 3.8) is 0 Å². The van der Waals surface area contributed by atoms with Crippen molar-refractivity contribution in [2.24, 2.45) is 20.0 Å². The second kappa shape index (κ2) is 21.7. The zero-order valence-electron chi connectivity index (χ0n) is 46.6. The molecular formula is C69H72N4O4. The van der Waals surface area contributed by atoms with E-state index in [0.29, 0.717) is 45.0 Å². The van der Waals surface area contributed by atoms with E-state index in [1.165, 1.54) is 0 Å². The molecule has 0 aliphatic rings. The predicted octanol–water partition coefficient (Wildman–Crippen LogP) is 17.1. The fourth-order valence-electron chi connectivity index (χ4n) is 9.85. The second-order valence-corrected chi connectivity index (χ2v) is 23.9. The molecule has 0 atom stereocenters. The lowest BCUT2D eigenvalue weighted by molar-refractivity contribution is 0.445. The summed E-state index contributed by atoms with van der Waals surface area (Å²) < 4.78 is 0. The molecule has 0 bridgehead atoms. The summed E-state index contributed by atoms with van der Waals surface area (Å²) in [6.45, 7) is 24.9. The standard InChI is InChI=1S/C69H72N4O4/c1-65(2,3)57-21-13-17-45(61(57)74)41-70-53-33-25-49(26-34-53)69(50-27-35-54(36-28-50)71-42-46-18-14-22-58(62(46)75)66(4,5)6,51-29-37-55(38-30-51)72-43-47-19-15-23-59(63(47)76)67(7,8)9)52-31-39-56(40-32-52)73-44-48-20-16-24-60(64(48)77)68(10,11)12/h13-44,74-77H,1-12H3/b70-41+,71-42+,72-43+,73-44+. The van der Waals surface area contributed by atoms with E-state index >= 15 is 0 Å². The summed E-state index contributed by atoms with van der Waals surface area (Å²) in [4.78, 5) is 19.4. The molecule has 8 aromatic carbocycles. The minimum Gasteiger partial charge on any atom is -0.507 e. The van der Waals surface area contributed by atoms with Crippen molar-refractivity contribution in [1.29, 1.82) is 0 Å². The molecule has 0 amide bonds. The molecule has 0 heterocycles. The normalized spacial score (nSPS) is 12.9. The molecule has 8 aromatic rings. The molecule has 0 radical (unpaired) electrons. The molecule has 0 aromatic heterocycles. The van der Waals surface area contributed by atoms with Crippen molar-refractivity contribution in [1.82, 2.24) is 0 Å². The zero-order chi connectivity index (χ0) is 55.5. The fourth-order valence-corrected chi connectivity index (χ4v) is 9.85. The summed E-state index contributed by atoms with van der Waals surface area (Å²) in [6, 6.07) is 55.8. The van der Waals surface area contributed by atoms with Crippen LogP contribution in [0.3, 0.4) is 0 Å². The van der Waals surface area contributed by atoms with Gasteiger partial charge in [-0.25, -0.2) is 0 Å². The molecule has 0 saturated heterocycles. The summed E-state index contributed by atoms with van der Waals surface area (Å²) in [6.07, 6.45) is 6.84. The third-order valence-corrected chi connectivity index (χ3v) is 14.1. The van der Waals surface area contributed by atoms with Crippen LogP contribution in [0.25, 0.3) is 0 Å². The van der Waals surface area contributed by atoms with Gasteiger partial charge in [-0.3, -0.25) is 20.0 Å². The number of phenolic OH excluding ortho intramolecular Hbond substituents is 4. The minimum absolute atomic E-state index is 0.216. The number of nitrogens with zero attached hydrogens (tertiary/aromatic N) is 4. The summed E-state index contributed by atoms with van der Waals surface area (Å²) in [5, 5.41) is 45.1. The Kier molecular flexibility index (Phi) is 15.5. The summed E-state index contributed by atoms with van der Waals surface area (Å²) in [5.41, 5.74) is 10.6. The van der Waals surface area contributed by atoms with E-state index in [2.05, 4.69) is 132 Å². The topological polar surface area (TPSA) is 130 Å². The Labute approximate surface area is 455 Å². The number of hydrogen-bond donors (Lipinski definition) is 4. The van der Waals surface area contributed by atoms with Crippen molar-refractivity contribution in [3.05, 3.63) is 237 Å². The van der Waals surface area contributed by atoms with Crippen LogP contribution in [-0.2, 0) is 27.1 Å². The first kappa shape index (κ1) is 54.9. The lowest BCUT2D eigenvalue weighted by atomic mass is 9.65. The van der Waals surface area contributed by atoms with Crippen molar-refractivity contribution in [2.75, 3.05) is 0 Å². The van der Waals surface area contributed by atoms with Gasteiger partial charge < -0.3 is 20.4 Å². The Morgan fingerprint density at radius 1 is 0.260 bits per heavy atom. The quantitative estimate of drug-likeness (QED) is 0.0717. The van der Waals surface area contributed by atoms with Crippen molar-refractivity contribution in [2.45, 2.75) is 110 Å². The lowest BCUT2D eigenvalue weighted by Gasteiger charge is -2.37. The molecule has 0 fully saturated rings. The predicted molar refractivity (Wildman–Crippen MR) is 321 cm³/mol. The molecule has 8 heteroatoms. The number of hydrogen-bond acceptors (Lipinski definition) is 8. The highest BCUT2D eigenvalue weighted by atomic mass is 16.3. The van der Waals surface area contributed by atoms with Crippen LogP contribution in [0.2, 0.25) is 0 Å². The summed E-state index contributed by atoms with van der Waals surface area (Å²) in [5.74, 6) is 0.864. The Balaban J connectivity index is 1.27. The Morgan fingerprint density at radius 3 is 0.610 bits per heavy atom. The number of rotatable bonds is 12. The average Bonchev–Trinajstić information content (AvgIpc) is 3.48. The maximum Gasteiger partial charge on any atom is 0.128 e. The third-order valence-electron chi connectivity index (χ3n) is 14.1. The molecule has 0 spiro atoms. The summed E-state index contributed by atoms with van der Waals surface area (Å²) >= 11 is 0. The fraction of sp³-hybridized carbons (Fsp3) is 0.246. The van der Waals surface area contributed by atoms with Crippen LogP contribution in [0.5, 0.6) is 23.0 Å². The van der Waals surface area contributed by atoms with Crippen LogP contribution in [0.4, 0.5) is 22.7 Å². The second-order valence-electron chi connectivity index (χ2n) is 23.9. The van der Waals surface area contributed by atoms with Crippen LogP contribution >= 0.6 is 0 Å². The van der Waals surface area contributed by atoms with Gasteiger partial charge in [0, 0.05) is 47.1 Å². The van der Waals surface area contributed by atoms with E-state index in [-0.39, 0.29) is 44.7 Å². The van der Waals surface area contributed by atoms with Crippen LogP contribution in [0, 0.1) is 0 Å². The molecule has 0 aliphatic heterocycles. The van der Waals surface area contributed by atoms with Gasteiger partial charge in [-0.15, -0.1) is 0 Å². The largest absolute Gasteiger partial charge is 0.507 e. The van der Waals surface area contributed by atoms with Crippen molar-refractivity contribution < 1.29 is 20.4 Å². The number of phenols is 4. The minimum atomic E-state index is -0.938. The highest BCUT2D eigenvalue weighted by molar-refractivity contribution is 5.89. The maximum absolute atomic E-state index is 11.3. The first-order valence-corrected chi connectivity index (χ1v) is 26.2. The lowest BCUT2D eigenvalue weighted by Crippen LogP contribution is -2.30. The highest BCUT2D eigenvalue weighted by Gasteiger charge is 2.39. The van der Waals surface area contributed by atoms with E-state index in [0.717, 1.165) is 44.5 Å². The third kappa shape index (κ3) is 12.0. The zero-order valence-corrected chi connectivity index (χ0v) is 46.6. The molecule has 0 unspecified atom stereocenters. The number of benzene rings is 8. The number of aromatic hydroxyl groups is 4. The first-order chi connectivity index (χ1) is 36.3. The van der Waals surface area contributed by atoms with Gasteiger partial charge in [-0.1, -0.05) is 180 Å². The highest BCUT2D eigenvalue weighted by Crippen LogP contribution is 2.47. The van der Waals surface area contributed by atoms with Crippen molar-refractivity contribution in [3.8, 4) is 23.0 Å². The Morgan fingerprint density at radius 2 is 0.442 bits per heavy atom. The van der Waals surface area contributed by atoms with Gasteiger partial charge in [0.05, 0.1) is 28.2 Å². The SMILES string of the molecule is CC(C)(C)c1cccc(/C=N/c2ccc(C(c3ccc(/N=C/c4cccc(C(C)(C)C)c4O)cc3)(c3ccc(/N=C/c4cccc(C(C)(C)C)c4O)cc3)c3ccc(/N=C/c4cccc(C(C)(C)C)c4O)cc3)cc2)c1O. The Hall–Kier alpha value is -8.36. The van der Waals surface area contributed by atoms with E-state index in [1.807, 2.05) is 121 Å². The van der Waals surface area contributed by atoms with Gasteiger partial charge in [0.15, 0.2) is 0 Å². The van der Waals surface area contributed by atoms with E-state index in [4.69, 9.17) is 20.0 Å². The van der Waals surface area contributed by atoms with Gasteiger partial charge in [-0.05, 0) is 139 Å². The van der Waals surface area contributed by atoms with E-state index < -0.39 is 5.41 Å². The molecule has 77 heavy (non-hydrogen) atoms. The van der Waals surface area contributed by atoms with Crippen LogP contribution in [-0.4, -0.2) is 45.3 Å². The molecule has 4 N–H and O–H groups in total. The van der Waals surface area contributed by atoms with Crippen molar-refractivity contribution >= 4 is 47.6 Å². The molecule has 392 valence electrons. The van der Waals surface area contributed by atoms with E-state index in [9.17, 15) is 20.4 Å². The van der Waals surface area contributed by atoms with Gasteiger partial charge in [-0.2, -0.15) is 0 Å². The maximum atomic E-state index is 11.3. The van der Waals surface area contributed by atoms with E-state index in [1.54, 1.807) is 24.9 Å². The molecule has 0 aliphatic carbocycles. The monoisotopic (exact) mass is 1020 g/mol. The van der Waals surface area contributed by atoms with Gasteiger partial charge in [0.1, 0.15) is 23.0 Å². The van der Waals surface area contributed by atoms with Gasteiger partial charge in [0.25, 0.3) is 0 Å². The van der Waals surface area contributed by atoms with Gasteiger partial charge in [0.2, 0.25) is 0 Å². The van der Waals surface area contributed by atoms with Crippen LogP contribution in [0.15, 0.2) is 190 Å².